The molecule has 0 saturated heterocycles. The molecule has 4 aromatic carbocycles. The van der Waals surface area contributed by atoms with E-state index in [-0.39, 0.29) is 58.1 Å². The molecule has 0 saturated carbocycles. The second kappa shape index (κ2) is 32.4. The van der Waals surface area contributed by atoms with Gasteiger partial charge in [-0.05, 0) is 124 Å². The largest absolute Gasteiger partial charge is 0.465 e. The Morgan fingerprint density at radius 1 is 0.455 bits per heavy atom. The van der Waals surface area contributed by atoms with Gasteiger partial charge in [-0.3, -0.25) is 19.2 Å². The molecule has 4 aromatic heterocycles. The lowest BCUT2D eigenvalue weighted by atomic mass is 10.0. The summed E-state index contributed by atoms with van der Waals surface area (Å²) in [5.74, 6) is -0.0435. The zero-order valence-electron chi connectivity index (χ0n) is 50.7. The number of methoxy groups -OCH3 is 1. The van der Waals surface area contributed by atoms with Crippen molar-refractivity contribution < 1.29 is 14.6 Å². The number of nitrogen functional groups attached to an aromatic ring is 1. The highest BCUT2D eigenvalue weighted by Crippen LogP contribution is 2.34. The van der Waals surface area contributed by atoms with Crippen molar-refractivity contribution >= 4 is 120 Å². The molecule has 0 radical (unpaired) electrons. The van der Waals surface area contributed by atoms with Gasteiger partial charge in [-0.25, -0.2) is 23.5 Å². The van der Waals surface area contributed by atoms with Crippen LogP contribution in [0.4, 0.5) is 5.69 Å². The third kappa shape index (κ3) is 19.2. The first-order chi connectivity index (χ1) is 41.1. The molecule has 0 spiro atoms. The van der Waals surface area contributed by atoms with Gasteiger partial charge in [0.2, 0.25) is 0 Å². The van der Waals surface area contributed by atoms with Crippen LogP contribution < -0.4 is 28.0 Å². The van der Waals surface area contributed by atoms with Crippen molar-refractivity contribution in [3.05, 3.63) is 237 Å². The molecule has 0 bridgehead atoms. The average Bonchev–Trinajstić information content (AvgIpc) is 2.31. The molecule has 4 heterocycles. The normalized spacial score (nSPS) is 11.1. The standard InChI is InChI=1S/C17H18Cl2N2O3.C16H18Cl2N2O2.C15H15BrCl2N2O.C15H17Cl2N3O/c1-9(2)12-7-11(20-21(3)16(12)22)8-13-14(18)5-10(6-15(13)19)17(23)24-4;1-9(2)12-6-11(19-20(3)16(12)22)7-13-14(17)4-10(8-21)5-15(13)18;1-8(2)11-6-10(19-20(3)15(11)21)7-12-13(17)4-9(16)5-14(12)18;1-8(2)11-6-10(19-20(3)15(11)21)7-12-13(16)4-9(18)5-14(12)17/h5-7,9H,8H2,1-4H3;4-6,9,21H,7-8H2,1-3H3;4-6,8H,7H2,1-3H3;4-6,8H,7,18H2,1-3H3. The zero-order chi connectivity index (χ0) is 65.9. The van der Waals surface area contributed by atoms with E-state index in [1.807, 2.05) is 67.5 Å². The number of nitrogens with zero attached hydrogens (tertiary/aromatic N) is 8. The molecule has 8 aromatic rings. The van der Waals surface area contributed by atoms with Crippen molar-refractivity contribution in [2.75, 3.05) is 12.8 Å². The van der Waals surface area contributed by atoms with Crippen molar-refractivity contribution in [1.29, 1.82) is 0 Å². The summed E-state index contributed by atoms with van der Waals surface area (Å²) in [6.45, 7) is 15.6. The minimum absolute atomic E-state index is 0.0678. The molecule has 8 rings (SSSR count). The maximum Gasteiger partial charge on any atom is 0.337 e. The number of ether oxygens (including phenoxy) is 1. The van der Waals surface area contributed by atoms with Crippen molar-refractivity contribution in [3.63, 3.8) is 0 Å². The minimum atomic E-state index is -0.507. The van der Waals surface area contributed by atoms with Gasteiger partial charge in [0.15, 0.2) is 0 Å². The Morgan fingerprint density at radius 2 is 0.693 bits per heavy atom. The third-order valence-electron chi connectivity index (χ3n) is 13.7. The van der Waals surface area contributed by atoms with Crippen molar-refractivity contribution in [2.45, 2.75) is 111 Å². The Kier molecular flexibility index (Phi) is 27.0. The number of hydrogen-bond donors (Lipinski definition) is 2. The van der Waals surface area contributed by atoms with Crippen molar-refractivity contribution in [2.24, 2.45) is 28.2 Å². The van der Waals surface area contributed by atoms with Gasteiger partial charge in [0.1, 0.15) is 0 Å². The molecule has 88 heavy (non-hydrogen) atoms. The lowest BCUT2D eigenvalue weighted by Gasteiger charge is -2.12. The van der Waals surface area contributed by atoms with E-state index < -0.39 is 5.97 Å². The first-order valence-corrected chi connectivity index (χ1v) is 31.3. The first-order valence-electron chi connectivity index (χ1n) is 27.5. The molecule has 0 aliphatic heterocycles. The summed E-state index contributed by atoms with van der Waals surface area (Å²) in [4.78, 5) is 59.8. The van der Waals surface area contributed by atoms with Crippen LogP contribution in [0.3, 0.4) is 0 Å². The van der Waals surface area contributed by atoms with Crippen molar-refractivity contribution in [3.8, 4) is 0 Å². The van der Waals surface area contributed by atoms with Crippen LogP contribution in [0.15, 0.2) is 96.4 Å². The Hall–Kier alpha value is -5.57. The summed E-state index contributed by atoms with van der Waals surface area (Å²) >= 11 is 53.3. The molecule has 25 heteroatoms. The highest BCUT2D eigenvalue weighted by atomic mass is 79.9. The molecule has 16 nitrogen and oxygen atoms in total. The number of aliphatic hydroxyl groups excluding tert-OH is 1. The number of rotatable bonds is 14. The lowest BCUT2D eigenvalue weighted by Crippen LogP contribution is -2.25. The summed E-state index contributed by atoms with van der Waals surface area (Å²) in [7, 11) is 7.84. The van der Waals surface area contributed by atoms with Crippen LogP contribution in [-0.2, 0) is 65.2 Å². The van der Waals surface area contributed by atoms with Crippen LogP contribution in [0.2, 0.25) is 40.2 Å². The molecular weight excluding hydrogens is 1360 g/mol. The summed E-state index contributed by atoms with van der Waals surface area (Å²) in [6, 6.07) is 20.6. The van der Waals surface area contributed by atoms with Gasteiger partial charge in [0.05, 0.1) is 42.1 Å². The maximum atomic E-state index is 12.1. The van der Waals surface area contributed by atoms with Crippen molar-refractivity contribution in [1.82, 2.24) is 39.1 Å². The predicted molar refractivity (Wildman–Crippen MR) is 361 cm³/mol. The lowest BCUT2D eigenvalue weighted by molar-refractivity contribution is 0.0600. The number of carbonyl (C=O) groups is 1. The van der Waals surface area contributed by atoms with Crippen LogP contribution >= 0.6 is 109 Å². The number of aryl methyl sites for hydroxylation is 4. The molecule has 0 fully saturated rings. The second-order valence-electron chi connectivity index (χ2n) is 21.8. The Labute approximate surface area is 559 Å². The fourth-order valence-electron chi connectivity index (χ4n) is 8.96. The number of anilines is 1. The summed E-state index contributed by atoms with van der Waals surface area (Å²) in [6.07, 6.45) is 1.72. The quantitative estimate of drug-likeness (QED) is 0.0769. The van der Waals surface area contributed by atoms with E-state index >= 15 is 0 Å². The maximum absolute atomic E-state index is 12.1. The summed E-state index contributed by atoms with van der Waals surface area (Å²) in [5.41, 5.74) is 15.5. The highest BCUT2D eigenvalue weighted by molar-refractivity contribution is 9.10. The summed E-state index contributed by atoms with van der Waals surface area (Å²) < 4.78 is 10.9. The topological polar surface area (TPSA) is 212 Å². The summed E-state index contributed by atoms with van der Waals surface area (Å²) in [5, 5.41) is 30.1. The van der Waals surface area contributed by atoms with E-state index in [1.54, 1.807) is 76.7 Å². The number of carbonyl (C=O) groups excluding carboxylic acids is 1. The van der Waals surface area contributed by atoms with Gasteiger partial charge >= 0.3 is 5.97 Å². The van der Waals surface area contributed by atoms with Crippen LogP contribution in [0.25, 0.3) is 0 Å². The molecule has 3 N–H and O–H groups in total. The molecular formula is C63H68BrCl8N9O7. The highest BCUT2D eigenvalue weighted by Gasteiger charge is 2.20. The van der Waals surface area contributed by atoms with Crippen LogP contribution in [-0.4, -0.2) is 57.3 Å². The van der Waals surface area contributed by atoms with Gasteiger partial charge in [0, 0.05) is 126 Å². The van der Waals surface area contributed by atoms with Gasteiger partial charge in [-0.1, -0.05) is 164 Å². The Bertz CT molecular complexity index is 3910. The first kappa shape index (κ1) is 73.2. The van der Waals surface area contributed by atoms with E-state index in [0.717, 1.165) is 49.4 Å². The van der Waals surface area contributed by atoms with Gasteiger partial charge in [0.25, 0.3) is 22.2 Å². The molecule has 0 atom stereocenters. The number of nitrogens with two attached hydrogens (primary N) is 1. The van der Waals surface area contributed by atoms with Gasteiger partial charge in [-0.15, -0.1) is 0 Å². The van der Waals surface area contributed by atoms with E-state index in [0.29, 0.717) is 99.5 Å². The average molecular weight is 1430 g/mol. The number of esters is 1. The fourth-order valence-corrected chi connectivity index (χ4v) is 12.2. The van der Waals surface area contributed by atoms with Crippen LogP contribution in [0.5, 0.6) is 0 Å². The van der Waals surface area contributed by atoms with Crippen LogP contribution in [0.1, 0.15) is 162 Å². The minimum Gasteiger partial charge on any atom is -0.465 e. The monoisotopic (exact) mass is 1420 g/mol. The van der Waals surface area contributed by atoms with E-state index in [1.165, 1.54) is 38.0 Å². The number of aromatic nitrogens is 8. The molecule has 470 valence electrons. The molecule has 0 amide bonds. The smallest absolute Gasteiger partial charge is 0.337 e. The van der Waals surface area contributed by atoms with Crippen LogP contribution in [0, 0.1) is 0 Å². The molecule has 0 aliphatic carbocycles. The molecule has 0 aliphatic rings. The fraction of sp³-hybridized carbons (Fsp3) is 0.349. The third-order valence-corrected chi connectivity index (χ3v) is 16.9. The van der Waals surface area contributed by atoms with E-state index in [2.05, 4.69) is 41.1 Å². The van der Waals surface area contributed by atoms with E-state index in [9.17, 15) is 24.0 Å². The molecule has 0 unspecified atom stereocenters. The van der Waals surface area contributed by atoms with Gasteiger partial charge < -0.3 is 15.6 Å². The Morgan fingerprint density at radius 3 is 0.932 bits per heavy atom. The van der Waals surface area contributed by atoms with Gasteiger partial charge in [-0.2, -0.15) is 20.4 Å². The predicted octanol–water partition coefficient (Wildman–Crippen LogP) is 14.8. The number of benzene rings is 4. The second-order valence-corrected chi connectivity index (χ2v) is 26.0. The number of halogens is 9. The number of hydrogen-bond acceptors (Lipinski definition) is 12. The Balaban J connectivity index is 0.000000214. The SMILES string of the molecule is CC(C)c1cc(Cc2c(Cl)cc(Br)cc2Cl)nn(C)c1=O.CC(C)c1cc(Cc2c(Cl)cc(CO)cc2Cl)nn(C)c1=O.CC(C)c1cc(Cc2c(Cl)cc(N)cc2Cl)nn(C)c1=O.COC(=O)c1cc(Cl)c(Cc2cc(C(C)C)c(=O)n(C)n2)c(Cl)c1. The van der Waals surface area contributed by atoms with E-state index in [4.69, 9.17) is 104 Å². The number of aliphatic hydroxyl groups is 1. The zero-order valence-corrected chi connectivity index (χ0v) is 58.4.